The van der Waals surface area contributed by atoms with Crippen molar-refractivity contribution in [3.05, 3.63) is 481 Å². The summed E-state index contributed by atoms with van der Waals surface area (Å²) in [7, 11) is 0. The molecular weight excluding hydrogens is 1630 g/mol. The van der Waals surface area contributed by atoms with Gasteiger partial charge in [-0.3, -0.25) is 0 Å². The predicted molar refractivity (Wildman–Crippen MR) is 571 cm³/mol. The third kappa shape index (κ3) is 14.0. The molecule has 0 N–H and O–H groups in total. The Hall–Kier alpha value is -16.8. The van der Waals surface area contributed by atoms with Gasteiger partial charge in [0.2, 0.25) is 0 Å². The second kappa shape index (κ2) is 33.9. The largest absolute Gasteiger partial charge is 0.455 e. The molecule has 2 heterocycles. The highest BCUT2D eigenvalue weighted by Crippen LogP contribution is 2.53. The number of rotatable bonds is 16. The predicted octanol–water partition coefficient (Wildman–Crippen LogP) is 37.1. The smallest absolute Gasteiger partial charge is 0.143 e. The van der Waals surface area contributed by atoms with Gasteiger partial charge in [0.05, 0.1) is 22.7 Å². The van der Waals surface area contributed by atoms with E-state index in [9.17, 15) is 0 Å². The molecule has 0 spiro atoms. The van der Waals surface area contributed by atoms with Crippen LogP contribution >= 0.6 is 0 Å². The van der Waals surface area contributed by atoms with E-state index < -0.39 is 0 Å². The summed E-state index contributed by atoms with van der Waals surface area (Å²) < 4.78 is 14.0. The molecule has 0 aliphatic heterocycles. The van der Waals surface area contributed by atoms with Gasteiger partial charge in [0.1, 0.15) is 22.3 Å². The fourth-order valence-electron chi connectivity index (χ4n) is 21.2. The van der Waals surface area contributed by atoms with Crippen molar-refractivity contribution in [3.63, 3.8) is 0 Å². The van der Waals surface area contributed by atoms with Gasteiger partial charge in [-0.1, -0.05) is 279 Å². The lowest BCUT2D eigenvalue weighted by molar-refractivity contribution is 0.672. The summed E-state index contributed by atoms with van der Waals surface area (Å²) in [5.41, 5.74) is 37.1. The maximum Gasteiger partial charge on any atom is 0.143 e. The zero-order chi connectivity index (χ0) is 90.3. The molecule has 0 bridgehead atoms. The molecule has 6 heteroatoms. The molecule has 0 aliphatic rings. The molecule has 0 unspecified atom stereocenters. The summed E-state index contributed by atoms with van der Waals surface area (Å²) in [5.74, 6) is 0. The number of benzene rings is 22. The summed E-state index contributed by atoms with van der Waals surface area (Å²) in [6.45, 7) is 18.3. The van der Waals surface area contributed by atoms with Crippen LogP contribution in [0.3, 0.4) is 0 Å². The molecule has 134 heavy (non-hydrogen) atoms. The average Bonchev–Trinajstić information content (AvgIpc) is 1.49. The van der Waals surface area contributed by atoms with Gasteiger partial charge >= 0.3 is 0 Å². The monoisotopic (exact) mass is 1720 g/mol. The van der Waals surface area contributed by atoms with Crippen molar-refractivity contribution in [1.29, 1.82) is 0 Å². The molecule has 640 valence electrons. The summed E-state index contributed by atoms with van der Waals surface area (Å²) in [5, 5.41) is 18.9. The van der Waals surface area contributed by atoms with E-state index in [0.717, 1.165) is 128 Å². The fraction of sp³-hybridized carbons (Fsp3) is 0.0625. The number of hydrogen-bond acceptors (Lipinski definition) is 6. The van der Waals surface area contributed by atoms with Gasteiger partial charge in [-0.25, -0.2) is 0 Å². The van der Waals surface area contributed by atoms with Crippen LogP contribution in [0.2, 0.25) is 0 Å². The highest BCUT2D eigenvalue weighted by Gasteiger charge is 2.29. The first-order chi connectivity index (χ1) is 65.8. The number of fused-ring (bicyclic) bond motifs is 18. The van der Waals surface area contributed by atoms with Crippen LogP contribution in [-0.2, 0) is 0 Å². The second-order valence-corrected chi connectivity index (χ2v) is 35.5. The van der Waals surface area contributed by atoms with Crippen LogP contribution in [0.25, 0.3) is 153 Å². The van der Waals surface area contributed by atoms with Crippen LogP contribution in [0.1, 0.15) is 44.5 Å². The van der Waals surface area contributed by atoms with Crippen molar-refractivity contribution in [1.82, 2.24) is 0 Å². The summed E-state index contributed by atoms with van der Waals surface area (Å²) in [6, 6.07) is 157. The SMILES string of the molecule is Cc1c(C)c(N(c2ccccc2)c2ccccc2)c(C)c(C)c1-c1ccc2c(c1)oc1c3ccc(-c4c(C)c(C)c(N(c5ccccc5)c5ccccc5)c(C)c4C)cc3c3ccccc3c21.c1ccc(N(c2ccc(-c3ccc4c(c3)oc3c5ccc(-c6ccc(N(c7ccccc7)c7cccc8ccccc78)cc6)cc5c5ccccc5c43)cc2)c2cccc3ccccc23)cc1. The van der Waals surface area contributed by atoms with Crippen LogP contribution in [0.5, 0.6) is 0 Å². The van der Waals surface area contributed by atoms with Gasteiger partial charge in [0.25, 0.3) is 0 Å². The van der Waals surface area contributed by atoms with E-state index in [1.807, 2.05) is 0 Å². The van der Waals surface area contributed by atoms with Crippen molar-refractivity contribution >= 4 is 177 Å². The van der Waals surface area contributed by atoms with E-state index >= 15 is 0 Å². The standard InChI is InChI=1S/C64H42N2O.C64H54N2O/c1-3-19-49(20-4-1)65(60-27-13-17-45-15-7-9-23-53(45)60)51-35-29-43(30-36-51)47-33-39-57-59(41-47)55-25-11-12-26-56(55)63-58-40-34-48(42-62(58)67-64(57)63)44-31-37-52(38-32-44)66(50-21-5-2-6-22-50)61-28-14-18-46-16-8-10-24-54(46)61;1-39-43(5)62(65(49-23-13-9-14-24-49)50-25-15-10-16-26-50)44(6)40(2)59(39)47-33-35-55-57(37-47)53-31-21-22-32-54(53)61-56-36-34-48(38-58(56)67-64(55)61)60-41(3)45(7)63(46(8)42(60)4)66(51-27-17-11-18-28-51)52-29-19-12-20-30-52/h1-42H;9-38H,1-8H3. The van der Waals surface area contributed by atoms with E-state index in [-0.39, 0.29) is 0 Å². The van der Waals surface area contributed by atoms with Crippen LogP contribution in [0.4, 0.5) is 68.2 Å². The molecule has 0 radical (unpaired) electrons. The topological polar surface area (TPSA) is 39.2 Å². The van der Waals surface area contributed by atoms with E-state index in [1.165, 1.54) is 137 Å². The highest BCUT2D eigenvalue weighted by molar-refractivity contribution is 6.32. The van der Waals surface area contributed by atoms with Gasteiger partial charge in [0.15, 0.2) is 0 Å². The Bertz CT molecular complexity index is 8540. The van der Waals surface area contributed by atoms with Crippen LogP contribution < -0.4 is 19.6 Å². The van der Waals surface area contributed by atoms with Crippen LogP contribution in [0, 0.1) is 55.4 Å². The molecule has 0 saturated heterocycles. The Balaban J connectivity index is 0.000000151. The second-order valence-electron chi connectivity index (χ2n) is 35.5. The summed E-state index contributed by atoms with van der Waals surface area (Å²) in [6.07, 6.45) is 0. The molecule has 0 aliphatic carbocycles. The van der Waals surface area contributed by atoms with Gasteiger partial charge in [0, 0.05) is 88.6 Å². The molecule has 22 aromatic carbocycles. The Labute approximate surface area is 781 Å². The van der Waals surface area contributed by atoms with Crippen LogP contribution in [0.15, 0.2) is 446 Å². The lowest BCUT2D eigenvalue weighted by Gasteiger charge is -2.31. The quantitative estimate of drug-likeness (QED) is 0.0898. The molecule has 24 rings (SSSR count). The van der Waals surface area contributed by atoms with Crippen LogP contribution in [-0.4, -0.2) is 0 Å². The molecule has 24 aromatic rings. The Morgan fingerprint density at radius 1 is 0.164 bits per heavy atom. The molecular formula is C128H96N4O2. The minimum absolute atomic E-state index is 0.879. The molecule has 6 nitrogen and oxygen atoms in total. The molecule has 0 atom stereocenters. The fourth-order valence-corrected chi connectivity index (χ4v) is 21.2. The average molecular weight is 1720 g/mol. The number of furan rings is 2. The zero-order valence-corrected chi connectivity index (χ0v) is 76.2. The lowest BCUT2D eigenvalue weighted by Crippen LogP contribution is -2.15. The third-order valence-corrected chi connectivity index (χ3v) is 28.1. The first-order valence-corrected chi connectivity index (χ1v) is 46.4. The van der Waals surface area contributed by atoms with Gasteiger partial charge in [-0.05, 0) is 345 Å². The Kier molecular flexibility index (Phi) is 20.7. The summed E-state index contributed by atoms with van der Waals surface area (Å²) >= 11 is 0. The zero-order valence-electron chi connectivity index (χ0n) is 76.2. The number of para-hydroxylation sites is 6. The summed E-state index contributed by atoms with van der Waals surface area (Å²) in [4.78, 5) is 9.52. The van der Waals surface area contributed by atoms with E-state index in [1.54, 1.807) is 0 Å². The molecule has 2 aromatic heterocycles. The molecule has 0 fully saturated rings. The number of nitrogens with zero attached hydrogens (tertiary/aromatic N) is 4. The molecule has 0 amide bonds. The molecule has 0 saturated carbocycles. The van der Waals surface area contributed by atoms with E-state index in [0.29, 0.717) is 0 Å². The van der Waals surface area contributed by atoms with Crippen molar-refractivity contribution in [2.75, 3.05) is 19.6 Å². The number of hydrogen-bond donors (Lipinski definition) is 0. The van der Waals surface area contributed by atoms with E-state index in [2.05, 4.69) is 512 Å². The van der Waals surface area contributed by atoms with Crippen molar-refractivity contribution in [3.8, 4) is 44.5 Å². The minimum atomic E-state index is 0.879. The number of anilines is 12. The highest BCUT2D eigenvalue weighted by atomic mass is 16.3. The normalized spacial score (nSPS) is 11.6. The van der Waals surface area contributed by atoms with Crippen molar-refractivity contribution in [2.24, 2.45) is 0 Å². The third-order valence-electron chi connectivity index (χ3n) is 28.1. The van der Waals surface area contributed by atoms with Gasteiger partial charge in [-0.15, -0.1) is 0 Å². The van der Waals surface area contributed by atoms with Gasteiger partial charge in [-0.2, -0.15) is 0 Å². The Morgan fingerprint density at radius 2 is 0.418 bits per heavy atom. The van der Waals surface area contributed by atoms with E-state index in [4.69, 9.17) is 8.83 Å². The maximum atomic E-state index is 7.10. The van der Waals surface area contributed by atoms with Crippen molar-refractivity contribution in [2.45, 2.75) is 55.4 Å². The first-order valence-electron chi connectivity index (χ1n) is 46.4. The van der Waals surface area contributed by atoms with Gasteiger partial charge < -0.3 is 28.4 Å². The first kappa shape index (κ1) is 81.7. The Morgan fingerprint density at radius 3 is 0.776 bits per heavy atom. The van der Waals surface area contributed by atoms with Crippen molar-refractivity contribution < 1.29 is 8.83 Å². The minimum Gasteiger partial charge on any atom is -0.455 e. The lowest BCUT2D eigenvalue weighted by atomic mass is 9.86. The maximum absolute atomic E-state index is 7.10.